The Labute approximate surface area is 133 Å². The number of carbonyl (C=O) groups excluding carboxylic acids is 2. The Morgan fingerprint density at radius 3 is 2.26 bits per heavy atom. The summed E-state index contributed by atoms with van der Waals surface area (Å²) in [5.41, 5.74) is 4.93. The van der Waals surface area contributed by atoms with Gasteiger partial charge in [0, 0.05) is 11.8 Å². The molecule has 0 unspecified atom stereocenters. The molecule has 8 heteroatoms. The maximum Gasteiger partial charge on any atom is 0.273 e. The highest BCUT2D eigenvalue weighted by atomic mass is 32.2. The third-order valence-electron chi connectivity index (χ3n) is 3.10. The Bertz CT molecular complexity index is 868. The van der Waals surface area contributed by atoms with Crippen molar-refractivity contribution in [3.05, 3.63) is 53.0 Å². The lowest BCUT2D eigenvalue weighted by atomic mass is 10.2. The third-order valence-corrected chi connectivity index (χ3v) is 4.21. The number of sulfone groups is 1. The average Bonchev–Trinajstić information content (AvgIpc) is 2.82. The predicted octanol–water partition coefficient (Wildman–Crippen LogP) is 1.37. The summed E-state index contributed by atoms with van der Waals surface area (Å²) in [5.74, 6) is -0.123. The number of hydrogen-bond donors (Lipinski definition) is 2. The fourth-order valence-corrected chi connectivity index (χ4v) is 2.64. The van der Waals surface area contributed by atoms with Gasteiger partial charge >= 0.3 is 0 Å². The van der Waals surface area contributed by atoms with Crippen molar-refractivity contribution in [1.29, 1.82) is 0 Å². The second-order valence-electron chi connectivity index (χ2n) is 5.04. The highest BCUT2D eigenvalue weighted by molar-refractivity contribution is 7.90. The first kappa shape index (κ1) is 16.8. The van der Waals surface area contributed by atoms with Gasteiger partial charge in [0.1, 0.15) is 11.5 Å². The van der Waals surface area contributed by atoms with Crippen LogP contribution in [-0.2, 0) is 9.84 Å². The molecule has 0 saturated carbocycles. The van der Waals surface area contributed by atoms with Crippen LogP contribution in [0.3, 0.4) is 0 Å². The van der Waals surface area contributed by atoms with Crippen LogP contribution in [0, 0.1) is 13.8 Å². The lowest BCUT2D eigenvalue weighted by Crippen LogP contribution is -2.41. The van der Waals surface area contributed by atoms with Crippen LogP contribution in [-0.4, -0.2) is 26.5 Å². The van der Waals surface area contributed by atoms with Crippen LogP contribution in [0.25, 0.3) is 0 Å². The van der Waals surface area contributed by atoms with Crippen molar-refractivity contribution in [2.24, 2.45) is 0 Å². The SMILES string of the molecule is Cc1cc(C(=O)NNC(=O)c2cccc(S(C)(=O)=O)c2)c(C)o1. The minimum atomic E-state index is -3.42. The number of hydrazine groups is 1. The van der Waals surface area contributed by atoms with Gasteiger partial charge in [0.2, 0.25) is 0 Å². The van der Waals surface area contributed by atoms with Gasteiger partial charge in [-0.1, -0.05) is 6.07 Å². The molecule has 0 aliphatic heterocycles. The number of aryl methyl sites for hydroxylation is 2. The van der Waals surface area contributed by atoms with Crippen LogP contribution in [0.15, 0.2) is 39.6 Å². The lowest BCUT2D eigenvalue weighted by Gasteiger charge is -2.07. The number of nitrogens with one attached hydrogen (secondary N) is 2. The standard InChI is InChI=1S/C15H16N2O5S/c1-9-7-13(10(2)22-9)15(19)17-16-14(18)11-5-4-6-12(8-11)23(3,20)21/h4-8H,1-3H3,(H,16,18)(H,17,19). The van der Waals surface area contributed by atoms with Gasteiger partial charge in [-0.15, -0.1) is 0 Å². The van der Waals surface area contributed by atoms with Crippen molar-refractivity contribution >= 4 is 21.7 Å². The lowest BCUT2D eigenvalue weighted by molar-refractivity contribution is 0.0845. The Morgan fingerprint density at radius 2 is 1.70 bits per heavy atom. The van der Waals surface area contributed by atoms with Crippen LogP contribution >= 0.6 is 0 Å². The van der Waals surface area contributed by atoms with Crippen LogP contribution in [0.4, 0.5) is 0 Å². The average molecular weight is 336 g/mol. The number of carbonyl (C=O) groups is 2. The molecule has 1 heterocycles. The largest absolute Gasteiger partial charge is 0.466 e. The van der Waals surface area contributed by atoms with Gasteiger partial charge in [-0.05, 0) is 38.1 Å². The third kappa shape index (κ3) is 3.98. The van der Waals surface area contributed by atoms with Crippen LogP contribution in [0.5, 0.6) is 0 Å². The molecule has 0 bridgehead atoms. The quantitative estimate of drug-likeness (QED) is 0.824. The summed E-state index contributed by atoms with van der Waals surface area (Å²) in [6.45, 7) is 3.35. The molecule has 7 nitrogen and oxygen atoms in total. The van der Waals surface area contributed by atoms with Gasteiger partial charge in [-0.2, -0.15) is 0 Å². The van der Waals surface area contributed by atoms with Gasteiger partial charge < -0.3 is 4.42 Å². The van der Waals surface area contributed by atoms with Gasteiger partial charge in [0.25, 0.3) is 11.8 Å². The maximum atomic E-state index is 12.0. The van der Waals surface area contributed by atoms with E-state index in [0.717, 1.165) is 6.26 Å². The molecule has 0 atom stereocenters. The molecular weight excluding hydrogens is 320 g/mol. The Morgan fingerprint density at radius 1 is 1.04 bits per heavy atom. The van der Waals surface area contributed by atoms with Crippen molar-refractivity contribution in [3.63, 3.8) is 0 Å². The summed E-state index contributed by atoms with van der Waals surface area (Å²) in [6.07, 6.45) is 1.05. The van der Waals surface area contributed by atoms with E-state index in [4.69, 9.17) is 4.42 Å². The molecule has 122 valence electrons. The topological polar surface area (TPSA) is 105 Å². The van der Waals surface area contributed by atoms with Gasteiger partial charge in [0.15, 0.2) is 9.84 Å². The van der Waals surface area contributed by atoms with Crippen LogP contribution in [0.2, 0.25) is 0 Å². The van der Waals surface area contributed by atoms with Crippen molar-refractivity contribution in [3.8, 4) is 0 Å². The monoisotopic (exact) mass is 336 g/mol. The fourth-order valence-electron chi connectivity index (χ4n) is 1.98. The highest BCUT2D eigenvalue weighted by Crippen LogP contribution is 2.13. The number of furan rings is 1. The number of benzene rings is 1. The zero-order valence-corrected chi connectivity index (χ0v) is 13.7. The molecule has 0 saturated heterocycles. The molecule has 2 rings (SSSR count). The molecule has 1 aromatic heterocycles. The van der Waals surface area contributed by atoms with E-state index in [1.54, 1.807) is 19.9 Å². The minimum absolute atomic E-state index is 0.0257. The molecule has 0 fully saturated rings. The van der Waals surface area contributed by atoms with E-state index in [2.05, 4.69) is 10.9 Å². The first-order valence-electron chi connectivity index (χ1n) is 6.66. The van der Waals surface area contributed by atoms with Crippen molar-refractivity contribution in [2.75, 3.05) is 6.26 Å². The van der Waals surface area contributed by atoms with Crippen LogP contribution < -0.4 is 10.9 Å². The number of amides is 2. The molecule has 2 amide bonds. The predicted molar refractivity (Wildman–Crippen MR) is 82.7 cm³/mol. The Kier molecular flexibility index (Phi) is 4.55. The normalized spacial score (nSPS) is 11.1. The van der Waals surface area contributed by atoms with Crippen molar-refractivity contribution < 1.29 is 22.4 Å². The summed E-state index contributed by atoms with van der Waals surface area (Å²) >= 11 is 0. The minimum Gasteiger partial charge on any atom is -0.466 e. The van der Waals surface area contributed by atoms with E-state index in [0.29, 0.717) is 17.1 Å². The molecule has 0 radical (unpaired) electrons. The number of hydrogen-bond acceptors (Lipinski definition) is 5. The van der Waals surface area contributed by atoms with E-state index in [-0.39, 0.29) is 10.5 Å². The molecule has 0 aliphatic carbocycles. The molecule has 0 spiro atoms. The van der Waals surface area contributed by atoms with Gasteiger partial charge in [-0.3, -0.25) is 20.4 Å². The second-order valence-corrected chi connectivity index (χ2v) is 7.05. The first-order valence-corrected chi connectivity index (χ1v) is 8.55. The summed E-state index contributed by atoms with van der Waals surface area (Å²) in [6, 6.07) is 7.09. The van der Waals surface area contributed by atoms with E-state index in [1.165, 1.54) is 24.3 Å². The van der Waals surface area contributed by atoms with Crippen LogP contribution in [0.1, 0.15) is 32.2 Å². The zero-order valence-electron chi connectivity index (χ0n) is 12.8. The second kappa shape index (κ2) is 6.25. The van der Waals surface area contributed by atoms with E-state index < -0.39 is 21.7 Å². The van der Waals surface area contributed by atoms with Crippen molar-refractivity contribution in [2.45, 2.75) is 18.7 Å². The summed E-state index contributed by atoms with van der Waals surface area (Å²) in [4.78, 5) is 24.0. The van der Waals surface area contributed by atoms with E-state index in [1.807, 2.05) is 0 Å². The molecule has 2 N–H and O–H groups in total. The smallest absolute Gasteiger partial charge is 0.273 e. The molecule has 23 heavy (non-hydrogen) atoms. The van der Waals surface area contributed by atoms with E-state index >= 15 is 0 Å². The summed E-state index contributed by atoms with van der Waals surface area (Å²) in [7, 11) is -3.42. The summed E-state index contributed by atoms with van der Waals surface area (Å²) < 4.78 is 28.2. The summed E-state index contributed by atoms with van der Waals surface area (Å²) in [5, 5.41) is 0. The fraction of sp³-hybridized carbons (Fsp3) is 0.200. The zero-order chi connectivity index (χ0) is 17.2. The number of rotatable bonds is 3. The van der Waals surface area contributed by atoms with Gasteiger partial charge in [-0.25, -0.2) is 8.42 Å². The first-order chi connectivity index (χ1) is 10.7. The maximum absolute atomic E-state index is 12.0. The molecule has 0 aliphatic rings. The highest BCUT2D eigenvalue weighted by Gasteiger charge is 2.15. The van der Waals surface area contributed by atoms with Crippen molar-refractivity contribution in [1.82, 2.24) is 10.9 Å². The molecule has 1 aromatic carbocycles. The molecular formula is C15H16N2O5S. The Balaban J connectivity index is 2.08. The van der Waals surface area contributed by atoms with Gasteiger partial charge in [0.05, 0.1) is 10.5 Å². The van der Waals surface area contributed by atoms with E-state index in [9.17, 15) is 18.0 Å². The Hall–Kier alpha value is -2.61. The molecule has 2 aromatic rings.